The summed E-state index contributed by atoms with van der Waals surface area (Å²) in [6.07, 6.45) is 0. The maximum absolute atomic E-state index is 12.1. The highest BCUT2D eigenvalue weighted by atomic mass is 35.5. The van der Waals surface area contributed by atoms with E-state index in [4.69, 9.17) is 25.8 Å². The maximum Gasteiger partial charge on any atom is 0.338 e. The lowest BCUT2D eigenvalue weighted by Gasteiger charge is -2.08. The summed E-state index contributed by atoms with van der Waals surface area (Å²) in [4.78, 5) is 23.0. The summed E-state index contributed by atoms with van der Waals surface area (Å²) in [6, 6.07) is 9.83. The van der Waals surface area contributed by atoms with Gasteiger partial charge in [0, 0.05) is 12.6 Å². The predicted octanol–water partition coefficient (Wildman–Crippen LogP) is 3.38. The fourth-order valence-electron chi connectivity index (χ4n) is 2.23. The Morgan fingerprint density at radius 3 is 2.67 bits per heavy atom. The van der Waals surface area contributed by atoms with Gasteiger partial charge in [-0.15, -0.1) is 0 Å². The molecule has 124 valence electrons. The fourth-order valence-corrected chi connectivity index (χ4v) is 2.52. The maximum atomic E-state index is 12.1. The van der Waals surface area contributed by atoms with Gasteiger partial charge in [0.1, 0.15) is 6.61 Å². The topological polar surface area (TPSA) is 73.9 Å². The van der Waals surface area contributed by atoms with E-state index in [0.29, 0.717) is 33.3 Å². The number of hydrogen-bond donors (Lipinski definition) is 1. The number of carbonyl (C=O) groups is 2. The molecule has 1 aliphatic rings. The van der Waals surface area contributed by atoms with E-state index in [9.17, 15) is 9.59 Å². The molecule has 2 aromatic carbocycles. The van der Waals surface area contributed by atoms with E-state index in [0.717, 1.165) is 0 Å². The van der Waals surface area contributed by atoms with Crippen LogP contribution >= 0.6 is 11.6 Å². The normalized spacial score (nSPS) is 11.9. The van der Waals surface area contributed by atoms with Crippen LogP contribution in [0.3, 0.4) is 0 Å². The Balaban J connectivity index is 1.63. The minimum atomic E-state index is -0.474. The van der Waals surface area contributed by atoms with E-state index in [1.54, 1.807) is 36.4 Å². The Labute approximate surface area is 143 Å². The number of anilines is 1. The zero-order chi connectivity index (χ0) is 17.1. The first-order valence-electron chi connectivity index (χ1n) is 7.16. The summed E-state index contributed by atoms with van der Waals surface area (Å²) in [7, 11) is 0. The third-order valence-electron chi connectivity index (χ3n) is 3.30. The molecule has 0 bridgehead atoms. The van der Waals surface area contributed by atoms with Crippen LogP contribution in [-0.2, 0) is 16.1 Å². The number of amides is 1. The van der Waals surface area contributed by atoms with E-state index < -0.39 is 5.97 Å². The van der Waals surface area contributed by atoms with Crippen LogP contribution < -0.4 is 14.8 Å². The first kappa shape index (κ1) is 16.1. The summed E-state index contributed by atoms with van der Waals surface area (Å²) in [6.45, 7) is 1.60. The van der Waals surface area contributed by atoms with Crippen molar-refractivity contribution < 1.29 is 23.8 Å². The van der Waals surface area contributed by atoms with Crippen LogP contribution in [0.2, 0.25) is 5.02 Å². The van der Waals surface area contributed by atoms with Gasteiger partial charge in [0.05, 0.1) is 10.6 Å². The van der Waals surface area contributed by atoms with Crippen LogP contribution in [0.4, 0.5) is 5.69 Å². The molecule has 0 saturated carbocycles. The van der Waals surface area contributed by atoms with Crippen molar-refractivity contribution in [2.24, 2.45) is 0 Å². The monoisotopic (exact) mass is 347 g/mol. The van der Waals surface area contributed by atoms with Crippen molar-refractivity contribution in [3.8, 4) is 11.5 Å². The second-order valence-electron chi connectivity index (χ2n) is 5.15. The number of benzene rings is 2. The molecule has 0 fully saturated rings. The third-order valence-corrected chi connectivity index (χ3v) is 3.58. The van der Waals surface area contributed by atoms with Crippen LogP contribution in [0.1, 0.15) is 22.8 Å². The van der Waals surface area contributed by atoms with E-state index in [2.05, 4.69) is 5.32 Å². The molecule has 24 heavy (non-hydrogen) atoms. The molecule has 1 amide bonds. The van der Waals surface area contributed by atoms with Gasteiger partial charge in [-0.2, -0.15) is 0 Å². The average Bonchev–Trinajstić information content (AvgIpc) is 3.02. The van der Waals surface area contributed by atoms with Gasteiger partial charge in [-0.3, -0.25) is 4.79 Å². The zero-order valence-corrected chi connectivity index (χ0v) is 13.6. The van der Waals surface area contributed by atoms with Crippen molar-refractivity contribution >= 4 is 29.2 Å². The Morgan fingerprint density at radius 1 is 1.21 bits per heavy atom. The van der Waals surface area contributed by atoms with Gasteiger partial charge in [-0.25, -0.2) is 4.79 Å². The van der Waals surface area contributed by atoms with Gasteiger partial charge in [-0.1, -0.05) is 11.6 Å². The molecule has 0 spiro atoms. The number of fused-ring (bicyclic) bond motifs is 1. The summed E-state index contributed by atoms with van der Waals surface area (Å²) in [5.74, 6) is 0.386. The van der Waals surface area contributed by atoms with Gasteiger partial charge in [0.25, 0.3) is 0 Å². The van der Waals surface area contributed by atoms with Crippen LogP contribution in [-0.4, -0.2) is 18.7 Å². The average molecular weight is 348 g/mol. The number of esters is 1. The minimum Gasteiger partial charge on any atom is -0.457 e. The van der Waals surface area contributed by atoms with Gasteiger partial charge in [0.15, 0.2) is 11.5 Å². The van der Waals surface area contributed by atoms with Gasteiger partial charge >= 0.3 is 5.97 Å². The van der Waals surface area contributed by atoms with E-state index >= 15 is 0 Å². The highest BCUT2D eigenvalue weighted by Gasteiger charge is 2.19. The van der Waals surface area contributed by atoms with Crippen LogP contribution in [0, 0.1) is 0 Å². The summed E-state index contributed by atoms with van der Waals surface area (Å²) in [5.41, 5.74) is 1.70. The molecule has 0 aliphatic carbocycles. The van der Waals surface area contributed by atoms with Crippen LogP contribution in [0.25, 0.3) is 0 Å². The number of halogens is 1. The van der Waals surface area contributed by atoms with E-state index in [1.807, 2.05) is 0 Å². The molecule has 2 aromatic rings. The van der Waals surface area contributed by atoms with Crippen LogP contribution in [0.15, 0.2) is 36.4 Å². The summed E-state index contributed by atoms with van der Waals surface area (Å²) < 4.78 is 15.8. The van der Waals surface area contributed by atoms with Crippen molar-refractivity contribution in [1.29, 1.82) is 0 Å². The molecule has 1 heterocycles. The van der Waals surface area contributed by atoms with Gasteiger partial charge in [-0.05, 0) is 42.0 Å². The minimum absolute atomic E-state index is 0.0582. The van der Waals surface area contributed by atoms with Crippen molar-refractivity contribution in [3.63, 3.8) is 0 Å². The van der Waals surface area contributed by atoms with Crippen molar-refractivity contribution in [1.82, 2.24) is 0 Å². The third kappa shape index (κ3) is 3.60. The quantitative estimate of drug-likeness (QED) is 0.858. The highest BCUT2D eigenvalue weighted by molar-refractivity contribution is 6.32. The standard InChI is InChI=1S/C17H14ClNO5/c1-10(20)19-13-4-2-12(3-5-13)17(21)22-8-11-6-14(18)16-15(7-11)23-9-24-16/h2-7H,8-9H2,1H3,(H,19,20). The lowest BCUT2D eigenvalue weighted by atomic mass is 10.2. The van der Waals surface area contributed by atoms with E-state index in [-0.39, 0.29) is 19.3 Å². The first-order chi connectivity index (χ1) is 11.5. The van der Waals surface area contributed by atoms with Crippen molar-refractivity contribution in [3.05, 3.63) is 52.5 Å². The molecule has 0 aromatic heterocycles. The molecule has 0 unspecified atom stereocenters. The van der Waals surface area contributed by atoms with E-state index in [1.165, 1.54) is 6.92 Å². The Morgan fingerprint density at radius 2 is 1.96 bits per heavy atom. The van der Waals surface area contributed by atoms with Gasteiger partial charge in [0.2, 0.25) is 12.7 Å². The Bertz CT molecular complexity index is 788. The molecule has 1 aliphatic heterocycles. The molecule has 3 rings (SSSR count). The molecule has 0 radical (unpaired) electrons. The Hall–Kier alpha value is -2.73. The SMILES string of the molecule is CC(=O)Nc1ccc(C(=O)OCc2cc(Cl)c3c(c2)OCO3)cc1. The number of nitrogens with one attached hydrogen (secondary N) is 1. The van der Waals surface area contributed by atoms with Crippen molar-refractivity contribution in [2.75, 3.05) is 12.1 Å². The summed E-state index contributed by atoms with van der Waals surface area (Å²) in [5, 5.41) is 3.04. The fraction of sp³-hybridized carbons (Fsp3) is 0.176. The number of hydrogen-bond acceptors (Lipinski definition) is 5. The summed E-state index contributed by atoms with van der Waals surface area (Å²) >= 11 is 6.09. The molecular weight excluding hydrogens is 334 g/mol. The lowest BCUT2D eigenvalue weighted by Crippen LogP contribution is -2.07. The largest absolute Gasteiger partial charge is 0.457 e. The molecule has 0 atom stereocenters. The second kappa shape index (κ2) is 6.80. The number of ether oxygens (including phenoxy) is 3. The van der Waals surface area contributed by atoms with Crippen LogP contribution in [0.5, 0.6) is 11.5 Å². The zero-order valence-electron chi connectivity index (χ0n) is 12.8. The molecule has 0 saturated heterocycles. The number of carbonyl (C=O) groups excluding carboxylic acids is 2. The molecule has 6 nitrogen and oxygen atoms in total. The van der Waals surface area contributed by atoms with Crippen molar-refractivity contribution in [2.45, 2.75) is 13.5 Å². The lowest BCUT2D eigenvalue weighted by molar-refractivity contribution is -0.114. The predicted molar refractivity (Wildman–Crippen MR) is 87.4 cm³/mol. The Kier molecular flexibility index (Phi) is 4.57. The second-order valence-corrected chi connectivity index (χ2v) is 5.55. The first-order valence-corrected chi connectivity index (χ1v) is 7.53. The molecular formula is C17H14ClNO5. The van der Waals surface area contributed by atoms with Gasteiger partial charge < -0.3 is 19.5 Å². The highest BCUT2D eigenvalue weighted by Crippen LogP contribution is 2.39. The smallest absolute Gasteiger partial charge is 0.338 e. The molecule has 1 N–H and O–H groups in total. The number of rotatable bonds is 4. The molecule has 7 heteroatoms.